The number of nitrogens with one attached hydrogen (secondary N) is 3. The lowest BCUT2D eigenvalue weighted by atomic mass is 10.0. The van der Waals surface area contributed by atoms with Crippen molar-refractivity contribution in [3.63, 3.8) is 0 Å². The van der Waals surface area contributed by atoms with E-state index in [1.165, 1.54) is 0 Å². The third-order valence-electron chi connectivity index (χ3n) is 6.23. The normalized spacial score (nSPS) is 24.8. The molecular formula is C21H24N6O3. The molecule has 1 aromatic carbocycles. The smallest absolute Gasteiger partial charge is 0.255 e. The van der Waals surface area contributed by atoms with Crippen LogP contribution in [-0.4, -0.2) is 63.4 Å². The van der Waals surface area contributed by atoms with E-state index in [9.17, 15) is 14.4 Å². The van der Waals surface area contributed by atoms with E-state index in [1.54, 1.807) is 4.90 Å². The van der Waals surface area contributed by atoms with Crippen LogP contribution >= 0.6 is 0 Å². The monoisotopic (exact) mass is 408 g/mol. The lowest BCUT2D eigenvalue weighted by molar-refractivity contribution is -0.136. The van der Waals surface area contributed by atoms with E-state index in [0.717, 1.165) is 42.9 Å². The van der Waals surface area contributed by atoms with Crippen LogP contribution in [-0.2, 0) is 22.7 Å². The Bertz CT molecular complexity index is 989. The molecule has 0 aliphatic carbocycles. The van der Waals surface area contributed by atoms with Crippen molar-refractivity contribution in [3.05, 3.63) is 52.8 Å². The molecule has 9 heteroatoms. The van der Waals surface area contributed by atoms with Gasteiger partial charge in [-0.2, -0.15) is 5.10 Å². The van der Waals surface area contributed by atoms with Crippen molar-refractivity contribution in [1.29, 1.82) is 0 Å². The summed E-state index contributed by atoms with van der Waals surface area (Å²) in [5.41, 5.74) is 3.89. The summed E-state index contributed by atoms with van der Waals surface area (Å²) >= 11 is 0. The molecule has 0 spiro atoms. The van der Waals surface area contributed by atoms with E-state index in [0.29, 0.717) is 18.5 Å². The molecule has 0 bridgehead atoms. The molecule has 3 amide bonds. The number of carbonyl (C=O) groups is 3. The van der Waals surface area contributed by atoms with Crippen LogP contribution in [0.25, 0.3) is 0 Å². The van der Waals surface area contributed by atoms with Gasteiger partial charge in [-0.1, -0.05) is 12.1 Å². The number of piperidine rings is 1. The fourth-order valence-electron chi connectivity index (χ4n) is 4.67. The Kier molecular flexibility index (Phi) is 4.84. The van der Waals surface area contributed by atoms with Crippen LogP contribution in [0.5, 0.6) is 0 Å². The Morgan fingerprint density at radius 1 is 1.17 bits per heavy atom. The number of nitrogens with zero attached hydrogens (tertiary/aromatic N) is 3. The predicted octanol–water partition coefficient (Wildman–Crippen LogP) is 0.317. The molecule has 30 heavy (non-hydrogen) atoms. The van der Waals surface area contributed by atoms with Gasteiger partial charge < -0.3 is 10.2 Å². The number of rotatable bonds is 4. The zero-order chi connectivity index (χ0) is 20.7. The summed E-state index contributed by atoms with van der Waals surface area (Å²) in [6.07, 6.45) is 4.44. The van der Waals surface area contributed by atoms with E-state index < -0.39 is 6.04 Å². The first-order valence-electron chi connectivity index (χ1n) is 10.3. The minimum atomic E-state index is -0.579. The van der Waals surface area contributed by atoms with Crippen molar-refractivity contribution in [1.82, 2.24) is 30.6 Å². The molecule has 2 fully saturated rings. The van der Waals surface area contributed by atoms with Crippen molar-refractivity contribution in [2.75, 3.05) is 19.6 Å². The number of hydrogen-bond donors (Lipinski definition) is 3. The molecule has 156 valence electrons. The Hall–Kier alpha value is -3.04. The van der Waals surface area contributed by atoms with Crippen molar-refractivity contribution in [3.8, 4) is 0 Å². The molecule has 1 aromatic heterocycles. The van der Waals surface area contributed by atoms with Gasteiger partial charge in [-0.25, -0.2) is 0 Å². The van der Waals surface area contributed by atoms with Gasteiger partial charge in [0.15, 0.2) is 0 Å². The van der Waals surface area contributed by atoms with E-state index in [4.69, 9.17) is 0 Å². The van der Waals surface area contributed by atoms with Gasteiger partial charge >= 0.3 is 0 Å². The number of fused-ring (bicyclic) bond motifs is 1. The van der Waals surface area contributed by atoms with Gasteiger partial charge in [0, 0.05) is 56.5 Å². The molecule has 9 nitrogen and oxygen atoms in total. The number of hydrogen-bond acceptors (Lipinski definition) is 6. The number of aromatic amines is 1. The molecule has 4 heterocycles. The second kappa shape index (κ2) is 7.66. The second-order valence-corrected chi connectivity index (χ2v) is 8.11. The molecule has 5 rings (SSSR count). The Morgan fingerprint density at radius 2 is 2.07 bits per heavy atom. The maximum absolute atomic E-state index is 12.9. The SMILES string of the molecule is O=C1CCC(N2Cc3cc(CN4CCNCC4c4cn[nH]c4)ccc3C2=O)C(=O)N1. The summed E-state index contributed by atoms with van der Waals surface area (Å²) < 4.78 is 0. The van der Waals surface area contributed by atoms with Gasteiger partial charge in [0.2, 0.25) is 11.8 Å². The zero-order valence-electron chi connectivity index (χ0n) is 16.6. The number of carbonyl (C=O) groups excluding carboxylic acids is 3. The van der Waals surface area contributed by atoms with E-state index in [2.05, 4.69) is 31.8 Å². The minimum absolute atomic E-state index is 0.135. The van der Waals surface area contributed by atoms with Crippen LogP contribution in [0.2, 0.25) is 0 Å². The summed E-state index contributed by atoms with van der Waals surface area (Å²) in [4.78, 5) is 40.5. The van der Waals surface area contributed by atoms with Gasteiger partial charge in [0.25, 0.3) is 5.91 Å². The van der Waals surface area contributed by atoms with Gasteiger partial charge in [0.05, 0.1) is 12.2 Å². The topological polar surface area (TPSA) is 110 Å². The Labute approximate surface area is 173 Å². The maximum Gasteiger partial charge on any atom is 0.255 e. The summed E-state index contributed by atoms with van der Waals surface area (Å²) in [5.74, 6) is -0.785. The van der Waals surface area contributed by atoms with Crippen LogP contribution in [0.1, 0.15) is 45.9 Å². The quantitative estimate of drug-likeness (QED) is 0.629. The van der Waals surface area contributed by atoms with Gasteiger partial charge in [-0.3, -0.25) is 29.7 Å². The maximum atomic E-state index is 12.9. The molecule has 2 aromatic rings. The Morgan fingerprint density at radius 3 is 2.87 bits per heavy atom. The molecule has 0 radical (unpaired) electrons. The van der Waals surface area contributed by atoms with Crippen molar-refractivity contribution >= 4 is 17.7 Å². The average molecular weight is 408 g/mol. The van der Waals surface area contributed by atoms with Gasteiger partial charge in [0.1, 0.15) is 6.04 Å². The second-order valence-electron chi connectivity index (χ2n) is 8.11. The molecule has 3 N–H and O–H groups in total. The van der Waals surface area contributed by atoms with Crippen LogP contribution in [0, 0.1) is 0 Å². The highest BCUT2D eigenvalue weighted by Crippen LogP contribution is 2.30. The van der Waals surface area contributed by atoms with Gasteiger partial charge in [-0.05, 0) is 23.6 Å². The van der Waals surface area contributed by atoms with Crippen LogP contribution < -0.4 is 10.6 Å². The largest absolute Gasteiger partial charge is 0.322 e. The number of aromatic nitrogens is 2. The van der Waals surface area contributed by atoms with Crippen molar-refractivity contribution in [2.24, 2.45) is 0 Å². The van der Waals surface area contributed by atoms with Crippen LogP contribution in [0.4, 0.5) is 0 Å². The van der Waals surface area contributed by atoms with Crippen molar-refractivity contribution < 1.29 is 14.4 Å². The molecule has 2 atom stereocenters. The first-order valence-corrected chi connectivity index (χ1v) is 10.3. The van der Waals surface area contributed by atoms with Crippen LogP contribution in [0.15, 0.2) is 30.6 Å². The molecular weight excluding hydrogens is 384 g/mol. The first kappa shape index (κ1) is 19.0. The van der Waals surface area contributed by atoms with Gasteiger partial charge in [-0.15, -0.1) is 0 Å². The lowest BCUT2D eigenvalue weighted by Crippen LogP contribution is -2.52. The van der Waals surface area contributed by atoms with E-state index >= 15 is 0 Å². The van der Waals surface area contributed by atoms with Crippen molar-refractivity contribution in [2.45, 2.75) is 38.0 Å². The minimum Gasteiger partial charge on any atom is -0.322 e. The number of H-pyrrole nitrogens is 1. The Balaban J connectivity index is 1.33. The summed E-state index contributed by atoms with van der Waals surface area (Å²) in [5, 5.41) is 12.8. The molecule has 2 unspecified atom stereocenters. The third-order valence-corrected chi connectivity index (χ3v) is 6.23. The number of amides is 3. The molecule has 3 aliphatic rings. The summed E-state index contributed by atoms with van der Waals surface area (Å²) in [6, 6.07) is 5.61. The first-order chi connectivity index (χ1) is 14.6. The predicted molar refractivity (Wildman–Crippen MR) is 107 cm³/mol. The highest BCUT2D eigenvalue weighted by molar-refractivity contribution is 6.05. The fraction of sp³-hybridized carbons (Fsp3) is 0.429. The van der Waals surface area contributed by atoms with E-state index in [-0.39, 0.29) is 30.2 Å². The molecule has 2 saturated heterocycles. The number of imide groups is 1. The molecule has 3 aliphatic heterocycles. The third kappa shape index (κ3) is 3.40. The van der Waals surface area contributed by atoms with Crippen LogP contribution in [0.3, 0.4) is 0 Å². The fourth-order valence-corrected chi connectivity index (χ4v) is 4.67. The number of benzene rings is 1. The summed E-state index contributed by atoms with van der Waals surface area (Å²) in [6.45, 7) is 3.90. The average Bonchev–Trinajstić information content (AvgIpc) is 3.37. The number of piperazine rings is 1. The molecule has 0 saturated carbocycles. The van der Waals surface area contributed by atoms with E-state index in [1.807, 2.05) is 24.5 Å². The lowest BCUT2D eigenvalue weighted by Gasteiger charge is -2.35. The zero-order valence-corrected chi connectivity index (χ0v) is 16.6. The highest BCUT2D eigenvalue weighted by Gasteiger charge is 2.39. The standard InChI is InChI=1S/C21H24N6O3/c28-19-4-3-17(20(29)25-19)27-12-14-7-13(1-2-16(14)21(27)30)11-26-6-5-22-10-18(26)15-8-23-24-9-15/h1-2,7-9,17-18,22H,3-6,10-12H2,(H,23,24)(H,25,28,29). The highest BCUT2D eigenvalue weighted by atomic mass is 16.2. The summed E-state index contributed by atoms with van der Waals surface area (Å²) in [7, 11) is 0.